The number of nitrogens with one attached hydrogen (secondary N) is 2. The van der Waals surface area contributed by atoms with Crippen LogP contribution in [0.4, 0.5) is 5.95 Å². The molecule has 34 heavy (non-hydrogen) atoms. The van der Waals surface area contributed by atoms with Crippen LogP contribution >= 0.6 is 0 Å². The number of hydrogen-bond acceptors (Lipinski definition) is 6. The molecule has 8 nitrogen and oxygen atoms in total. The van der Waals surface area contributed by atoms with Gasteiger partial charge in [-0.2, -0.15) is 0 Å². The molecule has 8 heteroatoms. The van der Waals surface area contributed by atoms with Crippen molar-refractivity contribution < 1.29 is 4.79 Å². The van der Waals surface area contributed by atoms with Crippen LogP contribution in [-0.2, 0) is 16.9 Å². The summed E-state index contributed by atoms with van der Waals surface area (Å²) in [5, 5.41) is 1.20. The number of carbonyl (C=O) groups is 1. The number of fused-ring (bicyclic) bond motifs is 1. The topological polar surface area (TPSA) is 103 Å². The minimum Gasteiger partial charge on any atom is -0.361 e. The number of piperidine rings is 2. The molecule has 5 rings (SSSR count). The monoisotopic (exact) mass is 461 g/mol. The van der Waals surface area contributed by atoms with E-state index in [0.717, 1.165) is 68.2 Å². The molecule has 1 spiro atoms. The molecule has 0 radical (unpaired) electrons. The summed E-state index contributed by atoms with van der Waals surface area (Å²) in [5.74, 6) is 6.79. The van der Waals surface area contributed by atoms with E-state index in [2.05, 4.69) is 38.4 Å². The van der Waals surface area contributed by atoms with Gasteiger partial charge in [-0.05, 0) is 64.2 Å². The average Bonchev–Trinajstić information content (AvgIpc) is 3.25. The number of para-hydroxylation sites is 1. The number of nitrogens with zero attached hydrogens (tertiary/aromatic N) is 4. The molecule has 1 aromatic carbocycles. The van der Waals surface area contributed by atoms with Gasteiger partial charge in [-0.3, -0.25) is 10.6 Å². The van der Waals surface area contributed by atoms with E-state index >= 15 is 0 Å². The van der Waals surface area contributed by atoms with Crippen molar-refractivity contribution in [2.24, 2.45) is 11.3 Å². The number of aromatic amines is 1. The number of carbonyl (C=O) groups excluding carboxylic acids is 1. The summed E-state index contributed by atoms with van der Waals surface area (Å²) in [5.41, 5.74) is 6.23. The normalized spacial score (nSPS) is 18.8. The van der Waals surface area contributed by atoms with E-state index in [0.29, 0.717) is 12.5 Å². The van der Waals surface area contributed by atoms with Crippen LogP contribution in [0.15, 0.2) is 36.5 Å². The van der Waals surface area contributed by atoms with E-state index < -0.39 is 5.54 Å². The van der Waals surface area contributed by atoms with Gasteiger partial charge in [0, 0.05) is 49.0 Å². The third-order valence-corrected chi connectivity index (χ3v) is 7.71. The van der Waals surface area contributed by atoms with Crippen molar-refractivity contribution in [3.05, 3.63) is 53.5 Å². The maximum atomic E-state index is 13.7. The van der Waals surface area contributed by atoms with Crippen LogP contribution < -0.4 is 16.2 Å². The highest BCUT2D eigenvalue weighted by atomic mass is 16.2. The highest BCUT2D eigenvalue weighted by molar-refractivity contribution is 5.86. The van der Waals surface area contributed by atoms with Gasteiger partial charge in [0.1, 0.15) is 0 Å². The Labute approximate surface area is 200 Å². The second kappa shape index (κ2) is 8.67. The molecular formula is C26H35N7O. The van der Waals surface area contributed by atoms with Gasteiger partial charge in [-0.1, -0.05) is 18.2 Å². The molecule has 2 aliphatic rings. The number of hydrazine groups is 1. The number of likely N-dealkylation sites (tertiary alicyclic amines) is 1. The fourth-order valence-electron chi connectivity index (χ4n) is 5.46. The number of aromatic nitrogens is 3. The number of nitrogens with two attached hydrogens (primary N) is 1. The molecule has 2 aromatic heterocycles. The molecule has 4 N–H and O–H groups in total. The van der Waals surface area contributed by atoms with E-state index in [1.807, 2.05) is 39.1 Å². The third kappa shape index (κ3) is 4.05. The van der Waals surface area contributed by atoms with Gasteiger partial charge in [0.05, 0.1) is 16.6 Å². The van der Waals surface area contributed by atoms with E-state index in [1.54, 1.807) is 0 Å². The fourth-order valence-corrected chi connectivity index (χ4v) is 5.46. The van der Waals surface area contributed by atoms with E-state index in [4.69, 9.17) is 15.8 Å². The quantitative estimate of drug-likeness (QED) is 0.398. The average molecular weight is 462 g/mol. The molecule has 0 bridgehead atoms. The van der Waals surface area contributed by atoms with Crippen LogP contribution in [0.3, 0.4) is 0 Å². The highest BCUT2D eigenvalue weighted by Gasteiger charge is 2.46. The van der Waals surface area contributed by atoms with Crippen LogP contribution in [0.5, 0.6) is 0 Å². The number of aryl methyl sites for hydroxylation is 1. The Morgan fingerprint density at radius 1 is 1.15 bits per heavy atom. The van der Waals surface area contributed by atoms with Gasteiger partial charge in [-0.25, -0.2) is 15.4 Å². The molecule has 0 unspecified atom stereocenters. The number of benzene rings is 1. The third-order valence-electron chi connectivity index (χ3n) is 7.71. The minimum absolute atomic E-state index is 0.272. The molecule has 2 saturated heterocycles. The summed E-state index contributed by atoms with van der Waals surface area (Å²) in [7, 11) is 0. The summed E-state index contributed by atoms with van der Waals surface area (Å²) in [6, 6.07) is 10.3. The lowest BCUT2D eigenvalue weighted by Crippen LogP contribution is -2.53. The Bertz CT molecular complexity index is 1190. The summed E-state index contributed by atoms with van der Waals surface area (Å²) >= 11 is 0. The lowest BCUT2D eigenvalue weighted by Gasteiger charge is -2.46. The number of H-pyrrole nitrogens is 1. The summed E-state index contributed by atoms with van der Waals surface area (Å²) in [4.78, 5) is 30.9. The van der Waals surface area contributed by atoms with E-state index in [1.165, 1.54) is 10.9 Å². The van der Waals surface area contributed by atoms with E-state index in [9.17, 15) is 4.79 Å². The molecule has 4 heterocycles. The first-order valence-electron chi connectivity index (χ1n) is 12.2. The van der Waals surface area contributed by atoms with Crippen LogP contribution in [0.2, 0.25) is 0 Å². The van der Waals surface area contributed by atoms with Gasteiger partial charge in [0.25, 0.3) is 0 Å². The Morgan fingerprint density at radius 3 is 2.68 bits per heavy atom. The molecule has 0 atom stereocenters. The van der Waals surface area contributed by atoms with Crippen molar-refractivity contribution in [3.8, 4) is 0 Å². The Hall–Kier alpha value is -2.97. The van der Waals surface area contributed by atoms with Crippen molar-refractivity contribution in [2.45, 2.75) is 58.5 Å². The van der Waals surface area contributed by atoms with Gasteiger partial charge in [0.2, 0.25) is 11.9 Å². The molecule has 1 amide bonds. The minimum atomic E-state index is -0.443. The smallest absolute Gasteiger partial charge is 0.229 e. The molecule has 0 saturated carbocycles. The first-order valence-corrected chi connectivity index (χ1v) is 12.2. The lowest BCUT2D eigenvalue weighted by molar-refractivity contribution is -0.148. The van der Waals surface area contributed by atoms with Crippen molar-refractivity contribution in [3.63, 3.8) is 0 Å². The second-order valence-electron chi connectivity index (χ2n) is 10.4. The van der Waals surface area contributed by atoms with Gasteiger partial charge >= 0.3 is 0 Å². The van der Waals surface area contributed by atoms with Crippen LogP contribution in [-0.4, -0.2) is 45.4 Å². The van der Waals surface area contributed by atoms with Crippen LogP contribution in [0.1, 0.15) is 56.5 Å². The predicted octanol–water partition coefficient (Wildman–Crippen LogP) is 3.37. The molecule has 3 aromatic rings. The lowest BCUT2D eigenvalue weighted by atomic mass is 9.71. The van der Waals surface area contributed by atoms with Gasteiger partial charge in [0.15, 0.2) is 0 Å². The maximum absolute atomic E-state index is 13.7. The second-order valence-corrected chi connectivity index (χ2v) is 10.4. The summed E-state index contributed by atoms with van der Waals surface area (Å²) in [6.45, 7) is 9.06. The van der Waals surface area contributed by atoms with Crippen molar-refractivity contribution in [2.75, 3.05) is 24.5 Å². The van der Waals surface area contributed by atoms with Crippen molar-refractivity contribution >= 4 is 22.8 Å². The largest absolute Gasteiger partial charge is 0.361 e. The molecule has 180 valence electrons. The van der Waals surface area contributed by atoms with Crippen LogP contribution in [0.25, 0.3) is 10.9 Å². The Balaban J connectivity index is 1.31. The van der Waals surface area contributed by atoms with Crippen molar-refractivity contribution in [1.29, 1.82) is 0 Å². The molecular weight excluding hydrogens is 426 g/mol. The Kier molecular flexibility index (Phi) is 5.81. The first-order chi connectivity index (χ1) is 16.3. The van der Waals surface area contributed by atoms with Gasteiger partial charge < -0.3 is 14.8 Å². The fraction of sp³-hybridized carbons (Fsp3) is 0.500. The summed E-state index contributed by atoms with van der Waals surface area (Å²) in [6.07, 6.45) is 5.73. The first kappa shape index (κ1) is 22.8. The molecule has 2 aliphatic heterocycles. The van der Waals surface area contributed by atoms with E-state index in [-0.39, 0.29) is 5.41 Å². The maximum Gasteiger partial charge on any atom is 0.229 e. The van der Waals surface area contributed by atoms with Crippen molar-refractivity contribution in [1.82, 2.24) is 25.3 Å². The number of rotatable bonds is 5. The Morgan fingerprint density at radius 2 is 1.91 bits per heavy atom. The SMILES string of the molecule is Cc1cc(C(C)(C)NN)nc(N2CCC3(CCCN(Cc4c[nH]c5ccccc45)C3=O)CC2)n1. The van der Waals surface area contributed by atoms with Crippen LogP contribution in [0, 0.1) is 12.3 Å². The zero-order valence-electron chi connectivity index (χ0n) is 20.4. The number of hydrogen-bond donors (Lipinski definition) is 3. The highest BCUT2D eigenvalue weighted by Crippen LogP contribution is 2.42. The molecule has 2 fully saturated rings. The molecule has 0 aliphatic carbocycles. The summed E-state index contributed by atoms with van der Waals surface area (Å²) < 4.78 is 0. The zero-order valence-corrected chi connectivity index (χ0v) is 20.4. The standard InChI is InChI=1S/C26H35N7O/c1-18-15-22(25(2,3)31-27)30-24(29-18)32-13-10-26(11-14-32)9-6-12-33(23(26)34)17-19-16-28-21-8-5-4-7-20(19)21/h4-5,7-8,15-16,28,31H,6,9-14,17,27H2,1-3H3. The number of amides is 1. The van der Waals surface area contributed by atoms with Gasteiger partial charge in [-0.15, -0.1) is 0 Å². The predicted molar refractivity (Wildman–Crippen MR) is 134 cm³/mol. The zero-order chi connectivity index (χ0) is 23.9. The number of anilines is 1.